The Bertz CT molecular complexity index is 159. The predicted octanol–water partition coefficient (Wildman–Crippen LogP) is 0.607. The van der Waals surface area contributed by atoms with Gasteiger partial charge in [-0.15, -0.1) is 0 Å². The Labute approximate surface area is 74.1 Å². The standard InChI is InChI=1S/C9H18N2O/c1-3-9(12)11-6-4-5-10-8(2)7-11/h8,10H,3-7H2,1-2H3. The molecule has 0 bridgehead atoms. The van der Waals surface area contributed by atoms with Crippen molar-refractivity contribution in [2.45, 2.75) is 32.7 Å². The van der Waals surface area contributed by atoms with Gasteiger partial charge >= 0.3 is 0 Å². The van der Waals surface area contributed by atoms with E-state index in [4.69, 9.17) is 0 Å². The molecule has 1 N–H and O–H groups in total. The van der Waals surface area contributed by atoms with Crippen LogP contribution in [0, 0.1) is 0 Å². The summed E-state index contributed by atoms with van der Waals surface area (Å²) < 4.78 is 0. The van der Waals surface area contributed by atoms with E-state index in [0.29, 0.717) is 12.5 Å². The summed E-state index contributed by atoms with van der Waals surface area (Å²) in [5.41, 5.74) is 0. The first kappa shape index (κ1) is 9.52. The van der Waals surface area contributed by atoms with Gasteiger partial charge in [0.25, 0.3) is 0 Å². The average molecular weight is 170 g/mol. The number of carbonyl (C=O) groups is 1. The van der Waals surface area contributed by atoms with E-state index >= 15 is 0 Å². The van der Waals surface area contributed by atoms with Crippen molar-refractivity contribution < 1.29 is 4.79 Å². The smallest absolute Gasteiger partial charge is 0.222 e. The minimum Gasteiger partial charge on any atom is -0.341 e. The van der Waals surface area contributed by atoms with Gasteiger partial charge in [-0.05, 0) is 19.9 Å². The zero-order valence-electron chi connectivity index (χ0n) is 7.97. The lowest BCUT2D eigenvalue weighted by molar-refractivity contribution is -0.130. The Kier molecular flexibility index (Phi) is 3.53. The largest absolute Gasteiger partial charge is 0.341 e. The van der Waals surface area contributed by atoms with Gasteiger partial charge < -0.3 is 10.2 Å². The van der Waals surface area contributed by atoms with Gasteiger partial charge in [0.1, 0.15) is 0 Å². The highest BCUT2D eigenvalue weighted by atomic mass is 16.2. The summed E-state index contributed by atoms with van der Waals surface area (Å²) in [4.78, 5) is 13.3. The van der Waals surface area contributed by atoms with Crippen molar-refractivity contribution in [3.8, 4) is 0 Å². The van der Waals surface area contributed by atoms with Crippen molar-refractivity contribution in [1.82, 2.24) is 10.2 Å². The van der Waals surface area contributed by atoms with Crippen LogP contribution in [0.4, 0.5) is 0 Å². The van der Waals surface area contributed by atoms with Gasteiger partial charge in [0.2, 0.25) is 5.91 Å². The number of rotatable bonds is 1. The second-order valence-electron chi connectivity index (χ2n) is 3.40. The van der Waals surface area contributed by atoms with Gasteiger partial charge in [-0.2, -0.15) is 0 Å². The average Bonchev–Trinajstić information content (AvgIpc) is 2.28. The normalized spacial score (nSPS) is 25.2. The third-order valence-electron chi connectivity index (χ3n) is 2.25. The van der Waals surface area contributed by atoms with E-state index in [-0.39, 0.29) is 5.91 Å². The molecule has 1 saturated heterocycles. The van der Waals surface area contributed by atoms with E-state index in [0.717, 1.165) is 26.1 Å². The molecule has 0 aromatic rings. The molecule has 1 aliphatic heterocycles. The van der Waals surface area contributed by atoms with Crippen LogP contribution >= 0.6 is 0 Å². The Balaban J connectivity index is 2.46. The molecule has 0 aromatic heterocycles. The van der Waals surface area contributed by atoms with Gasteiger partial charge in [0.05, 0.1) is 0 Å². The quantitative estimate of drug-likeness (QED) is 0.625. The molecule has 12 heavy (non-hydrogen) atoms. The molecule has 0 radical (unpaired) electrons. The molecular formula is C9H18N2O. The molecule has 0 aromatic carbocycles. The van der Waals surface area contributed by atoms with E-state index in [1.807, 2.05) is 11.8 Å². The highest BCUT2D eigenvalue weighted by Gasteiger charge is 2.16. The van der Waals surface area contributed by atoms with Gasteiger partial charge in [-0.1, -0.05) is 6.92 Å². The summed E-state index contributed by atoms with van der Waals surface area (Å²) in [6.45, 7) is 6.87. The Morgan fingerprint density at radius 3 is 3.08 bits per heavy atom. The number of nitrogens with one attached hydrogen (secondary N) is 1. The van der Waals surface area contributed by atoms with Crippen molar-refractivity contribution in [2.24, 2.45) is 0 Å². The fourth-order valence-corrected chi connectivity index (χ4v) is 1.55. The van der Waals surface area contributed by atoms with Gasteiger partial charge in [0.15, 0.2) is 0 Å². The van der Waals surface area contributed by atoms with Crippen molar-refractivity contribution in [1.29, 1.82) is 0 Å². The van der Waals surface area contributed by atoms with E-state index in [1.54, 1.807) is 0 Å². The van der Waals surface area contributed by atoms with Crippen molar-refractivity contribution >= 4 is 5.91 Å². The zero-order chi connectivity index (χ0) is 8.97. The number of carbonyl (C=O) groups excluding carboxylic acids is 1. The third-order valence-corrected chi connectivity index (χ3v) is 2.25. The van der Waals surface area contributed by atoms with Crippen molar-refractivity contribution in [3.05, 3.63) is 0 Å². The second-order valence-corrected chi connectivity index (χ2v) is 3.40. The van der Waals surface area contributed by atoms with Gasteiger partial charge in [-0.3, -0.25) is 4.79 Å². The van der Waals surface area contributed by atoms with Crippen LogP contribution in [-0.4, -0.2) is 36.5 Å². The van der Waals surface area contributed by atoms with E-state index in [2.05, 4.69) is 12.2 Å². The second kappa shape index (κ2) is 4.45. The molecule has 0 spiro atoms. The highest BCUT2D eigenvalue weighted by molar-refractivity contribution is 5.75. The predicted molar refractivity (Wildman–Crippen MR) is 49.0 cm³/mol. The maximum absolute atomic E-state index is 11.4. The zero-order valence-corrected chi connectivity index (χ0v) is 7.97. The van der Waals surface area contributed by atoms with Crippen LogP contribution in [0.15, 0.2) is 0 Å². The van der Waals surface area contributed by atoms with E-state index in [9.17, 15) is 4.79 Å². The summed E-state index contributed by atoms with van der Waals surface area (Å²) in [6, 6.07) is 0.447. The van der Waals surface area contributed by atoms with E-state index in [1.165, 1.54) is 0 Å². The molecule has 1 rings (SSSR count). The molecule has 1 aliphatic rings. The molecule has 1 fully saturated rings. The van der Waals surface area contributed by atoms with Crippen LogP contribution in [-0.2, 0) is 4.79 Å². The Hall–Kier alpha value is -0.570. The molecule has 1 atom stereocenters. The Morgan fingerprint density at radius 1 is 1.67 bits per heavy atom. The van der Waals surface area contributed by atoms with Crippen LogP contribution in [0.3, 0.4) is 0 Å². The first-order valence-corrected chi connectivity index (χ1v) is 4.75. The number of hydrogen-bond acceptors (Lipinski definition) is 2. The molecular weight excluding hydrogens is 152 g/mol. The summed E-state index contributed by atoms with van der Waals surface area (Å²) in [5.74, 6) is 0.283. The van der Waals surface area contributed by atoms with Crippen molar-refractivity contribution in [2.75, 3.05) is 19.6 Å². The molecule has 3 nitrogen and oxygen atoms in total. The Morgan fingerprint density at radius 2 is 2.42 bits per heavy atom. The first-order valence-electron chi connectivity index (χ1n) is 4.75. The summed E-state index contributed by atoms with van der Waals surface area (Å²) in [6.07, 6.45) is 1.71. The molecule has 3 heteroatoms. The summed E-state index contributed by atoms with van der Waals surface area (Å²) >= 11 is 0. The molecule has 1 unspecified atom stereocenters. The third kappa shape index (κ3) is 2.48. The SMILES string of the molecule is CCC(=O)N1CCCNC(C)C1. The lowest BCUT2D eigenvalue weighted by Gasteiger charge is -2.21. The maximum atomic E-state index is 11.4. The van der Waals surface area contributed by atoms with Crippen LogP contribution in [0.2, 0.25) is 0 Å². The number of amides is 1. The first-order chi connectivity index (χ1) is 5.74. The molecule has 1 heterocycles. The number of nitrogens with zero attached hydrogens (tertiary/aromatic N) is 1. The van der Waals surface area contributed by atoms with Gasteiger partial charge in [-0.25, -0.2) is 0 Å². The van der Waals surface area contributed by atoms with E-state index < -0.39 is 0 Å². The van der Waals surface area contributed by atoms with Gasteiger partial charge in [0, 0.05) is 25.6 Å². The van der Waals surface area contributed by atoms with Crippen LogP contribution < -0.4 is 5.32 Å². The monoisotopic (exact) mass is 170 g/mol. The van der Waals surface area contributed by atoms with Crippen LogP contribution in [0.5, 0.6) is 0 Å². The molecule has 0 saturated carbocycles. The molecule has 0 aliphatic carbocycles. The number of hydrogen-bond donors (Lipinski definition) is 1. The lowest BCUT2D eigenvalue weighted by atomic mass is 10.3. The molecule has 70 valence electrons. The lowest BCUT2D eigenvalue weighted by Crippen LogP contribution is -2.38. The maximum Gasteiger partial charge on any atom is 0.222 e. The minimum absolute atomic E-state index is 0.283. The molecule has 1 amide bonds. The fourth-order valence-electron chi connectivity index (χ4n) is 1.55. The van der Waals surface area contributed by atoms with Crippen LogP contribution in [0.1, 0.15) is 26.7 Å². The summed E-state index contributed by atoms with van der Waals surface area (Å²) in [7, 11) is 0. The summed E-state index contributed by atoms with van der Waals surface area (Å²) in [5, 5.41) is 3.36. The minimum atomic E-state index is 0.283. The van der Waals surface area contributed by atoms with Crippen LogP contribution in [0.25, 0.3) is 0 Å². The fraction of sp³-hybridized carbons (Fsp3) is 0.889. The van der Waals surface area contributed by atoms with Crippen molar-refractivity contribution in [3.63, 3.8) is 0 Å². The topological polar surface area (TPSA) is 32.3 Å². The highest BCUT2D eigenvalue weighted by Crippen LogP contribution is 2.02.